The molecule has 0 bridgehead atoms. The number of halogens is 1. The van der Waals surface area contributed by atoms with E-state index in [2.05, 4.69) is 67.3 Å². The Labute approximate surface area is 128 Å². The maximum absolute atomic E-state index is 4.59. The molecular formula is C15H19BrN4. The van der Waals surface area contributed by atoms with E-state index in [4.69, 9.17) is 0 Å². The number of aromatic nitrogens is 2. The predicted octanol–water partition coefficient (Wildman–Crippen LogP) is 3.70. The second-order valence-electron chi connectivity index (χ2n) is 4.40. The standard InChI is InChI=1S/C15H19BrN4/c1-3-17-15-18-10-13(16)14(19-15)20(4-2)11-12-8-6-5-7-9-12/h5-10H,3-4,11H2,1-2H3,(H,17,18,19). The van der Waals surface area contributed by atoms with E-state index in [9.17, 15) is 0 Å². The SMILES string of the molecule is CCNc1ncc(Br)c(N(CC)Cc2ccccc2)n1. The lowest BCUT2D eigenvalue weighted by Crippen LogP contribution is -2.24. The Bertz CT molecular complexity index is 545. The molecule has 106 valence electrons. The van der Waals surface area contributed by atoms with E-state index in [0.717, 1.165) is 29.9 Å². The predicted molar refractivity (Wildman–Crippen MR) is 87.1 cm³/mol. The van der Waals surface area contributed by atoms with Crippen LogP contribution in [0.25, 0.3) is 0 Å². The van der Waals surface area contributed by atoms with Crippen LogP contribution in [0.2, 0.25) is 0 Å². The van der Waals surface area contributed by atoms with Crippen molar-refractivity contribution in [2.45, 2.75) is 20.4 Å². The number of rotatable bonds is 6. The lowest BCUT2D eigenvalue weighted by molar-refractivity contribution is 0.807. The number of nitrogens with zero attached hydrogens (tertiary/aromatic N) is 3. The van der Waals surface area contributed by atoms with Crippen LogP contribution in [0.3, 0.4) is 0 Å². The van der Waals surface area contributed by atoms with Gasteiger partial charge in [0, 0.05) is 25.8 Å². The molecule has 1 aromatic carbocycles. The zero-order valence-electron chi connectivity index (χ0n) is 11.8. The number of hydrogen-bond donors (Lipinski definition) is 1. The average molecular weight is 335 g/mol. The molecule has 20 heavy (non-hydrogen) atoms. The highest BCUT2D eigenvalue weighted by Crippen LogP contribution is 2.25. The fraction of sp³-hybridized carbons (Fsp3) is 0.333. The molecule has 2 rings (SSSR count). The number of benzene rings is 1. The molecule has 0 unspecified atom stereocenters. The summed E-state index contributed by atoms with van der Waals surface area (Å²) < 4.78 is 0.914. The Morgan fingerprint density at radius 2 is 1.95 bits per heavy atom. The van der Waals surface area contributed by atoms with Crippen molar-refractivity contribution < 1.29 is 0 Å². The zero-order chi connectivity index (χ0) is 14.4. The Morgan fingerprint density at radius 1 is 1.20 bits per heavy atom. The van der Waals surface area contributed by atoms with Gasteiger partial charge in [0.25, 0.3) is 0 Å². The first kappa shape index (κ1) is 14.8. The lowest BCUT2D eigenvalue weighted by atomic mass is 10.2. The molecule has 5 heteroatoms. The summed E-state index contributed by atoms with van der Waals surface area (Å²) in [5, 5.41) is 3.15. The normalized spacial score (nSPS) is 10.3. The largest absolute Gasteiger partial charge is 0.354 e. The molecule has 0 saturated heterocycles. The van der Waals surface area contributed by atoms with Crippen molar-refractivity contribution in [1.82, 2.24) is 9.97 Å². The molecule has 0 amide bonds. The van der Waals surface area contributed by atoms with Crippen LogP contribution in [0, 0.1) is 0 Å². The van der Waals surface area contributed by atoms with E-state index >= 15 is 0 Å². The van der Waals surface area contributed by atoms with Crippen LogP contribution in [-0.4, -0.2) is 23.1 Å². The van der Waals surface area contributed by atoms with E-state index in [-0.39, 0.29) is 0 Å². The van der Waals surface area contributed by atoms with Gasteiger partial charge >= 0.3 is 0 Å². The molecule has 1 N–H and O–H groups in total. The number of hydrogen-bond acceptors (Lipinski definition) is 4. The third-order valence-electron chi connectivity index (χ3n) is 2.96. The maximum atomic E-state index is 4.59. The molecule has 4 nitrogen and oxygen atoms in total. The summed E-state index contributed by atoms with van der Waals surface area (Å²) in [6.07, 6.45) is 1.80. The van der Waals surface area contributed by atoms with Crippen molar-refractivity contribution in [2.75, 3.05) is 23.3 Å². The molecule has 0 saturated carbocycles. The second-order valence-corrected chi connectivity index (χ2v) is 5.25. The summed E-state index contributed by atoms with van der Waals surface area (Å²) in [5.41, 5.74) is 1.27. The van der Waals surface area contributed by atoms with Gasteiger partial charge in [0.2, 0.25) is 5.95 Å². The van der Waals surface area contributed by atoms with Gasteiger partial charge in [0.1, 0.15) is 5.82 Å². The summed E-state index contributed by atoms with van der Waals surface area (Å²) in [4.78, 5) is 11.1. The van der Waals surface area contributed by atoms with E-state index in [1.807, 2.05) is 13.0 Å². The summed E-state index contributed by atoms with van der Waals surface area (Å²) in [6.45, 7) is 6.69. The van der Waals surface area contributed by atoms with E-state index in [1.165, 1.54) is 5.56 Å². The summed E-state index contributed by atoms with van der Waals surface area (Å²) >= 11 is 3.54. The lowest BCUT2D eigenvalue weighted by Gasteiger charge is -2.23. The van der Waals surface area contributed by atoms with Crippen molar-refractivity contribution in [3.8, 4) is 0 Å². The van der Waals surface area contributed by atoms with Gasteiger partial charge in [-0.1, -0.05) is 30.3 Å². The van der Waals surface area contributed by atoms with Crippen LogP contribution in [0.4, 0.5) is 11.8 Å². The van der Waals surface area contributed by atoms with Crippen LogP contribution in [-0.2, 0) is 6.54 Å². The molecule has 0 aliphatic heterocycles. The zero-order valence-corrected chi connectivity index (χ0v) is 13.4. The average Bonchev–Trinajstić information content (AvgIpc) is 2.48. The van der Waals surface area contributed by atoms with Crippen molar-refractivity contribution >= 4 is 27.7 Å². The van der Waals surface area contributed by atoms with Crippen LogP contribution in [0.1, 0.15) is 19.4 Å². The van der Waals surface area contributed by atoms with Crippen LogP contribution in [0.5, 0.6) is 0 Å². The Kier molecular flexibility index (Phi) is 5.35. The van der Waals surface area contributed by atoms with E-state index in [0.29, 0.717) is 5.95 Å². The van der Waals surface area contributed by atoms with Gasteiger partial charge in [-0.3, -0.25) is 0 Å². The fourth-order valence-electron chi connectivity index (χ4n) is 1.96. The van der Waals surface area contributed by atoms with E-state index in [1.54, 1.807) is 6.20 Å². The number of anilines is 2. The Morgan fingerprint density at radius 3 is 2.60 bits per heavy atom. The van der Waals surface area contributed by atoms with Crippen LogP contribution in [0.15, 0.2) is 41.0 Å². The van der Waals surface area contributed by atoms with E-state index < -0.39 is 0 Å². The summed E-state index contributed by atoms with van der Waals surface area (Å²) in [6, 6.07) is 10.4. The molecule has 1 heterocycles. The number of nitrogens with one attached hydrogen (secondary N) is 1. The third kappa shape index (κ3) is 3.70. The molecule has 0 radical (unpaired) electrons. The van der Waals surface area contributed by atoms with Gasteiger partial charge in [-0.05, 0) is 35.3 Å². The van der Waals surface area contributed by atoms with Gasteiger partial charge in [-0.25, -0.2) is 4.98 Å². The first-order chi connectivity index (χ1) is 9.74. The Hall–Kier alpha value is -1.62. The van der Waals surface area contributed by atoms with Gasteiger partial charge in [0.05, 0.1) is 4.47 Å². The molecule has 0 atom stereocenters. The molecule has 1 aromatic heterocycles. The molecule has 2 aromatic rings. The minimum atomic E-state index is 0.664. The Balaban J connectivity index is 2.24. The van der Waals surface area contributed by atoms with Gasteiger partial charge < -0.3 is 10.2 Å². The highest BCUT2D eigenvalue weighted by atomic mass is 79.9. The van der Waals surface area contributed by atoms with Crippen molar-refractivity contribution in [1.29, 1.82) is 0 Å². The van der Waals surface area contributed by atoms with Crippen LogP contribution >= 0.6 is 15.9 Å². The quantitative estimate of drug-likeness (QED) is 0.874. The minimum absolute atomic E-state index is 0.664. The van der Waals surface area contributed by atoms with Gasteiger partial charge in [0.15, 0.2) is 0 Å². The monoisotopic (exact) mass is 334 g/mol. The topological polar surface area (TPSA) is 41.1 Å². The molecular weight excluding hydrogens is 316 g/mol. The fourth-order valence-corrected chi connectivity index (χ4v) is 2.41. The molecule has 0 aliphatic carbocycles. The van der Waals surface area contributed by atoms with Crippen molar-refractivity contribution in [3.63, 3.8) is 0 Å². The molecule has 0 fully saturated rings. The van der Waals surface area contributed by atoms with Crippen molar-refractivity contribution in [3.05, 3.63) is 46.6 Å². The maximum Gasteiger partial charge on any atom is 0.224 e. The summed E-state index contributed by atoms with van der Waals surface area (Å²) in [5.74, 6) is 1.58. The second kappa shape index (κ2) is 7.24. The highest BCUT2D eigenvalue weighted by molar-refractivity contribution is 9.10. The minimum Gasteiger partial charge on any atom is -0.354 e. The third-order valence-corrected chi connectivity index (χ3v) is 3.52. The molecule has 0 aliphatic rings. The smallest absolute Gasteiger partial charge is 0.224 e. The van der Waals surface area contributed by atoms with Crippen molar-refractivity contribution in [2.24, 2.45) is 0 Å². The van der Waals surface area contributed by atoms with Crippen LogP contribution < -0.4 is 10.2 Å². The van der Waals surface area contributed by atoms with Gasteiger partial charge in [-0.2, -0.15) is 4.98 Å². The molecule has 0 spiro atoms. The van der Waals surface area contributed by atoms with Gasteiger partial charge in [-0.15, -0.1) is 0 Å². The summed E-state index contributed by atoms with van der Waals surface area (Å²) in [7, 11) is 0. The first-order valence-electron chi connectivity index (χ1n) is 6.79. The first-order valence-corrected chi connectivity index (χ1v) is 7.59. The highest BCUT2D eigenvalue weighted by Gasteiger charge is 2.12.